The van der Waals surface area contributed by atoms with Gasteiger partial charge in [-0.1, -0.05) is 103 Å². The zero-order chi connectivity index (χ0) is 33.7. The van der Waals surface area contributed by atoms with Crippen molar-refractivity contribution in [1.29, 1.82) is 0 Å². The summed E-state index contributed by atoms with van der Waals surface area (Å²) in [4.78, 5) is 29.9. The predicted octanol–water partition coefficient (Wildman–Crippen LogP) is 10.4. The van der Waals surface area contributed by atoms with E-state index in [2.05, 4.69) is 109 Å². The van der Waals surface area contributed by atoms with Crippen molar-refractivity contribution in [3.05, 3.63) is 168 Å². The second-order valence-electron chi connectivity index (χ2n) is 13.0. The summed E-state index contributed by atoms with van der Waals surface area (Å²) >= 11 is 1.76. The zero-order valence-corrected chi connectivity index (χ0v) is 28.4. The van der Waals surface area contributed by atoms with Crippen LogP contribution < -0.4 is 0 Å². The van der Waals surface area contributed by atoms with Gasteiger partial charge in [0.05, 0.1) is 27.6 Å². The fourth-order valence-electron chi connectivity index (χ4n) is 7.25. The van der Waals surface area contributed by atoms with Crippen LogP contribution in [-0.2, 0) is 6.42 Å². The van der Waals surface area contributed by atoms with Gasteiger partial charge in [-0.2, -0.15) is 0 Å². The van der Waals surface area contributed by atoms with Gasteiger partial charge in [-0.3, -0.25) is 9.97 Å². The summed E-state index contributed by atoms with van der Waals surface area (Å²) in [7, 11) is 0. The molecule has 1 atom stereocenters. The molecule has 10 rings (SSSR count). The molecule has 4 aromatic heterocycles. The summed E-state index contributed by atoms with van der Waals surface area (Å²) < 4.78 is 2.43. The monoisotopic (exact) mass is 674 g/mol. The van der Waals surface area contributed by atoms with Gasteiger partial charge in [0.25, 0.3) is 0 Å². The molecule has 51 heavy (non-hydrogen) atoms. The van der Waals surface area contributed by atoms with Gasteiger partial charge in [0, 0.05) is 33.2 Å². The first-order valence-corrected chi connectivity index (χ1v) is 18.1. The van der Waals surface area contributed by atoms with E-state index in [0.29, 0.717) is 5.82 Å². The zero-order valence-electron chi connectivity index (χ0n) is 27.6. The largest absolute Gasteiger partial charge is 0.253 e. The molecule has 0 fully saturated rings. The average molecular weight is 675 g/mol. The number of nitrogens with zero attached hydrogens (tertiary/aromatic N) is 6. The van der Waals surface area contributed by atoms with Crippen molar-refractivity contribution in [3.63, 3.8) is 0 Å². The van der Waals surface area contributed by atoms with Crippen LogP contribution in [0.3, 0.4) is 0 Å². The molecule has 7 heteroatoms. The van der Waals surface area contributed by atoms with E-state index in [1.54, 1.807) is 11.3 Å². The lowest BCUT2D eigenvalue weighted by atomic mass is 9.81. The summed E-state index contributed by atoms with van der Waals surface area (Å²) in [6.45, 7) is 0. The van der Waals surface area contributed by atoms with E-state index in [4.69, 9.17) is 29.9 Å². The molecule has 1 unspecified atom stereocenters. The molecular weight excluding hydrogens is 645 g/mol. The first kappa shape index (κ1) is 29.7. The Balaban J connectivity index is 1.05. The fourth-order valence-corrected chi connectivity index (χ4v) is 8.30. The van der Waals surface area contributed by atoms with Crippen molar-refractivity contribution >= 4 is 53.7 Å². The summed E-state index contributed by atoms with van der Waals surface area (Å²) in [5.74, 6) is 2.22. The van der Waals surface area contributed by atoms with Gasteiger partial charge >= 0.3 is 0 Å². The van der Waals surface area contributed by atoms with Crippen molar-refractivity contribution in [2.75, 3.05) is 0 Å². The Bertz CT molecular complexity index is 2740. The summed E-state index contributed by atoms with van der Waals surface area (Å²) in [6, 6.07) is 35.9. The van der Waals surface area contributed by atoms with Crippen LogP contribution in [0, 0.1) is 0 Å². The van der Waals surface area contributed by atoms with E-state index in [9.17, 15) is 0 Å². The van der Waals surface area contributed by atoms with Crippen LogP contribution >= 0.6 is 11.3 Å². The van der Waals surface area contributed by atoms with E-state index >= 15 is 0 Å². The molecule has 0 N–H and O–H groups in total. The van der Waals surface area contributed by atoms with Crippen LogP contribution in [0.15, 0.2) is 140 Å². The highest BCUT2D eigenvalue weighted by Crippen LogP contribution is 2.39. The van der Waals surface area contributed by atoms with Crippen LogP contribution in [0.1, 0.15) is 47.1 Å². The molecule has 4 aromatic carbocycles. The van der Waals surface area contributed by atoms with Crippen molar-refractivity contribution in [1.82, 2.24) is 29.9 Å². The molecule has 0 spiro atoms. The Labute approximate surface area is 298 Å². The second kappa shape index (κ2) is 12.3. The van der Waals surface area contributed by atoms with E-state index in [1.165, 1.54) is 31.3 Å². The first-order chi connectivity index (χ1) is 25.2. The number of allylic oxidation sites excluding steroid dienone is 5. The Morgan fingerprint density at radius 3 is 2.41 bits per heavy atom. The molecule has 0 aliphatic heterocycles. The molecule has 242 valence electrons. The maximum Gasteiger partial charge on any atom is 0.163 e. The number of pyridine rings is 1. The summed E-state index contributed by atoms with van der Waals surface area (Å²) in [6.07, 6.45) is 15.3. The molecule has 2 aliphatic carbocycles. The van der Waals surface area contributed by atoms with Gasteiger partial charge in [0.15, 0.2) is 11.6 Å². The number of aromatic nitrogens is 6. The molecule has 0 bridgehead atoms. The molecule has 4 heterocycles. The topological polar surface area (TPSA) is 77.3 Å². The first-order valence-electron chi connectivity index (χ1n) is 17.3. The van der Waals surface area contributed by atoms with E-state index in [1.807, 2.05) is 30.6 Å². The maximum absolute atomic E-state index is 5.13. The number of rotatable bonds is 5. The molecular formula is C44H30N6S. The van der Waals surface area contributed by atoms with Gasteiger partial charge in [0.2, 0.25) is 0 Å². The highest BCUT2D eigenvalue weighted by Gasteiger charge is 2.26. The smallest absolute Gasteiger partial charge is 0.163 e. The molecule has 0 saturated carbocycles. The number of thiophene rings is 1. The SMILES string of the molecule is C1=CCCC(c2nc(-c3ccccc3)nc(C3C=C(c4ccc5nc(-c6cc7c(cn6)sc6ccccc67)cnc5c4)c4ccccc4C3)n2)=C1. The predicted molar refractivity (Wildman–Crippen MR) is 207 cm³/mol. The third kappa shape index (κ3) is 5.43. The summed E-state index contributed by atoms with van der Waals surface area (Å²) in [5.41, 5.74) is 10.1. The minimum atomic E-state index is -0.0304. The standard InChI is InChI=1S/C44H30N6S/c1-3-11-27(12-4-1)42-48-43(28-13-5-2-6-14-28)50-44(49-42)31-21-29-15-7-8-16-32(29)34(22-31)30-19-20-36-37(23-30)45-25-39(47-36)38-24-35-33-17-9-10-18-40(33)51-41(35)26-46-38/h1-5,7-13,15-20,22-26,31H,6,14,21H2. The molecule has 0 radical (unpaired) electrons. The normalized spacial score (nSPS) is 15.6. The lowest BCUT2D eigenvalue weighted by Crippen LogP contribution is -2.15. The Kier molecular flexibility index (Phi) is 7.17. The highest BCUT2D eigenvalue weighted by atomic mass is 32.1. The van der Waals surface area contributed by atoms with Gasteiger partial charge in [-0.05, 0) is 71.4 Å². The molecule has 8 aromatic rings. The minimum Gasteiger partial charge on any atom is -0.253 e. The minimum absolute atomic E-state index is 0.0304. The van der Waals surface area contributed by atoms with E-state index in [-0.39, 0.29) is 5.92 Å². The van der Waals surface area contributed by atoms with Crippen LogP contribution in [0.2, 0.25) is 0 Å². The molecule has 2 aliphatic rings. The lowest BCUT2D eigenvalue weighted by molar-refractivity contribution is 0.737. The third-order valence-electron chi connectivity index (χ3n) is 9.81. The van der Waals surface area contributed by atoms with Crippen molar-refractivity contribution in [2.24, 2.45) is 0 Å². The van der Waals surface area contributed by atoms with E-state index in [0.717, 1.165) is 75.6 Å². The van der Waals surface area contributed by atoms with Crippen molar-refractivity contribution in [2.45, 2.75) is 25.2 Å². The quantitative estimate of drug-likeness (QED) is 0.181. The van der Waals surface area contributed by atoms with Gasteiger partial charge in [-0.15, -0.1) is 11.3 Å². The number of benzene rings is 4. The van der Waals surface area contributed by atoms with Crippen molar-refractivity contribution < 1.29 is 0 Å². The average Bonchev–Trinajstić information content (AvgIpc) is 3.58. The Morgan fingerprint density at radius 2 is 1.49 bits per heavy atom. The number of hydrogen-bond acceptors (Lipinski definition) is 7. The lowest BCUT2D eigenvalue weighted by Gasteiger charge is -2.24. The summed E-state index contributed by atoms with van der Waals surface area (Å²) in [5, 5.41) is 2.44. The molecule has 6 nitrogen and oxygen atoms in total. The van der Waals surface area contributed by atoms with Crippen LogP contribution in [-0.4, -0.2) is 29.9 Å². The second-order valence-corrected chi connectivity index (χ2v) is 14.1. The molecule has 0 saturated heterocycles. The van der Waals surface area contributed by atoms with Gasteiger partial charge in [0.1, 0.15) is 11.5 Å². The van der Waals surface area contributed by atoms with Crippen molar-refractivity contribution in [3.8, 4) is 22.8 Å². The van der Waals surface area contributed by atoms with Crippen LogP contribution in [0.4, 0.5) is 0 Å². The molecule has 0 amide bonds. The third-order valence-corrected chi connectivity index (χ3v) is 10.9. The fraction of sp³-hybridized carbons (Fsp3) is 0.0909. The Hall–Kier alpha value is -6.18. The van der Waals surface area contributed by atoms with Crippen LogP contribution in [0.25, 0.3) is 65.1 Å². The highest BCUT2D eigenvalue weighted by molar-refractivity contribution is 7.25. The Morgan fingerprint density at radius 1 is 0.627 bits per heavy atom. The van der Waals surface area contributed by atoms with Gasteiger partial charge < -0.3 is 0 Å². The maximum atomic E-state index is 5.13. The van der Waals surface area contributed by atoms with Gasteiger partial charge in [-0.25, -0.2) is 19.9 Å². The number of fused-ring (bicyclic) bond motifs is 5. The van der Waals surface area contributed by atoms with E-state index < -0.39 is 0 Å². The number of hydrogen-bond donors (Lipinski definition) is 0. The van der Waals surface area contributed by atoms with Crippen LogP contribution in [0.5, 0.6) is 0 Å².